The summed E-state index contributed by atoms with van der Waals surface area (Å²) in [6.45, 7) is 0. The van der Waals surface area contributed by atoms with Crippen molar-refractivity contribution in [3.63, 3.8) is 0 Å². The predicted octanol–water partition coefficient (Wildman–Crippen LogP) is 2.36. The van der Waals surface area contributed by atoms with Crippen LogP contribution in [-0.2, 0) is 9.84 Å². The number of halogens is 1. The number of aliphatic imine (C=N–C) groups is 1. The van der Waals surface area contributed by atoms with Crippen LogP contribution >= 0.6 is 11.6 Å². The van der Waals surface area contributed by atoms with Crippen LogP contribution in [0.15, 0.2) is 46.5 Å². The smallest absolute Gasteiger partial charge is 0.192 e. The van der Waals surface area contributed by atoms with Crippen molar-refractivity contribution >= 4 is 33.3 Å². The Bertz CT molecular complexity index is 760. The molecule has 1 aliphatic heterocycles. The first-order valence-electron chi connectivity index (χ1n) is 5.44. The highest BCUT2D eigenvalue weighted by Crippen LogP contribution is 2.39. The fraction of sp³-hybridized carbons (Fsp3) is 0.0833. The normalized spacial score (nSPS) is 17.4. The summed E-state index contributed by atoms with van der Waals surface area (Å²) in [4.78, 5) is 12.0. The van der Waals surface area contributed by atoms with Gasteiger partial charge in [-0.2, -0.15) is 0 Å². The molecule has 2 aromatic rings. The maximum Gasteiger partial charge on any atom is 0.192 e. The molecule has 0 bridgehead atoms. The van der Waals surface area contributed by atoms with Crippen LogP contribution in [0.5, 0.6) is 0 Å². The van der Waals surface area contributed by atoms with E-state index in [1.54, 1.807) is 30.3 Å². The Morgan fingerprint density at radius 1 is 1.11 bits per heavy atom. The second-order valence-electron chi connectivity index (χ2n) is 3.96. The number of fused-ring (bicyclic) bond motifs is 1. The van der Waals surface area contributed by atoms with Gasteiger partial charge in [-0.15, -0.1) is 0 Å². The van der Waals surface area contributed by atoms with Crippen LogP contribution in [0.25, 0.3) is 0 Å². The Morgan fingerprint density at radius 3 is 2.58 bits per heavy atom. The van der Waals surface area contributed by atoms with Gasteiger partial charge < -0.3 is 0 Å². The Labute approximate surface area is 114 Å². The maximum atomic E-state index is 12.5. The van der Waals surface area contributed by atoms with Crippen LogP contribution in [0.1, 0.15) is 10.9 Å². The highest BCUT2D eigenvalue weighted by molar-refractivity contribution is 7.92. The summed E-state index contributed by atoms with van der Waals surface area (Å²) in [5.74, 6) is 0. The molecule has 7 heteroatoms. The van der Waals surface area contributed by atoms with E-state index >= 15 is 0 Å². The summed E-state index contributed by atoms with van der Waals surface area (Å²) < 4.78 is 25.0. The third kappa shape index (κ3) is 1.93. The Balaban J connectivity index is 2.13. The molecule has 1 atom stereocenters. The summed E-state index contributed by atoms with van der Waals surface area (Å²) in [5.41, 5.74) is 0.650. The average Bonchev–Trinajstić information content (AvgIpc) is 2.86. The first-order chi connectivity index (χ1) is 9.10. The largest absolute Gasteiger partial charge is 0.254 e. The van der Waals surface area contributed by atoms with Crippen LogP contribution in [0.4, 0.5) is 5.69 Å². The van der Waals surface area contributed by atoms with Gasteiger partial charge in [-0.3, -0.25) is 4.99 Å². The first kappa shape index (κ1) is 12.3. The molecule has 1 aliphatic rings. The van der Waals surface area contributed by atoms with Crippen molar-refractivity contribution in [1.29, 1.82) is 0 Å². The highest BCUT2D eigenvalue weighted by atomic mass is 35.5. The lowest BCUT2D eigenvalue weighted by Gasteiger charge is -2.10. The van der Waals surface area contributed by atoms with Gasteiger partial charge in [-0.05, 0) is 12.1 Å². The van der Waals surface area contributed by atoms with Crippen LogP contribution in [0, 0.1) is 0 Å². The molecular weight excluding hydrogens is 286 g/mol. The molecule has 5 nitrogen and oxygen atoms in total. The Hall–Kier alpha value is -1.79. The van der Waals surface area contributed by atoms with Gasteiger partial charge in [0, 0.05) is 6.21 Å². The lowest BCUT2D eigenvalue weighted by molar-refractivity contribution is 0.592. The van der Waals surface area contributed by atoms with Crippen molar-refractivity contribution in [3.8, 4) is 0 Å². The molecular formula is C12H8ClN3O2S. The van der Waals surface area contributed by atoms with E-state index in [2.05, 4.69) is 15.0 Å². The first-order valence-corrected chi connectivity index (χ1v) is 7.36. The number of aromatic nitrogens is 2. The minimum atomic E-state index is -3.57. The van der Waals surface area contributed by atoms with Crippen LogP contribution in [-0.4, -0.2) is 24.6 Å². The van der Waals surface area contributed by atoms with E-state index in [0.717, 1.165) is 0 Å². The molecule has 1 aromatic heterocycles. The molecule has 0 spiro atoms. The molecule has 2 heterocycles. The summed E-state index contributed by atoms with van der Waals surface area (Å²) in [6, 6.07) is 8.20. The lowest BCUT2D eigenvalue weighted by Crippen LogP contribution is -2.14. The minimum absolute atomic E-state index is 0.159. The summed E-state index contributed by atoms with van der Waals surface area (Å²) in [7, 11) is -3.57. The van der Waals surface area contributed by atoms with Crippen molar-refractivity contribution < 1.29 is 8.42 Å². The summed E-state index contributed by atoms with van der Waals surface area (Å²) >= 11 is 5.87. The van der Waals surface area contributed by atoms with E-state index in [0.29, 0.717) is 11.4 Å². The molecule has 96 valence electrons. The van der Waals surface area contributed by atoms with E-state index < -0.39 is 15.1 Å². The van der Waals surface area contributed by atoms with Crippen LogP contribution in [0.3, 0.4) is 0 Å². The zero-order valence-corrected chi connectivity index (χ0v) is 11.1. The van der Waals surface area contributed by atoms with Gasteiger partial charge in [0.1, 0.15) is 17.3 Å². The number of hydrogen-bond acceptors (Lipinski definition) is 5. The van der Waals surface area contributed by atoms with Gasteiger partial charge in [0.05, 0.1) is 10.6 Å². The van der Waals surface area contributed by atoms with E-state index in [4.69, 9.17) is 11.6 Å². The zero-order chi connectivity index (χ0) is 13.5. The van der Waals surface area contributed by atoms with Crippen molar-refractivity contribution in [2.75, 3.05) is 0 Å². The third-order valence-corrected chi connectivity index (χ3v) is 5.04. The average molecular weight is 294 g/mol. The molecule has 1 unspecified atom stereocenters. The van der Waals surface area contributed by atoms with Crippen LogP contribution < -0.4 is 0 Å². The van der Waals surface area contributed by atoms with Crippen molar-refractivity contribution in [2.45, 2.75) is 10.1 Å². The molecule has 0 N–H and O–H groups in total. The summed E-state index contributed by atoms with van der Waals surface area (Å²) in [5, 5.41) is -0.752. The van der Waals surface area contributed by atoms with E-state index in [9.17, 15) is 8.42 Å². The topological polar surface area (TPSA) is 72.3 Å². The minimum Gasteiger partial charge on any atom is -0.254 e. The third-order valence-electron chi connectivity index (χ3n) is 2.82. The predicted molar refractivity (Wildman–Crippen MR) is 71.6 cm³/mol. The van der Waals surface area contributed by atoms with Gasteiger partial charge in [0.2, 0.25) is 0 Å². The van der Waals surface area contributed by atoms with Crippen molar-refractivity contribution in [1.82, 2.24) is 9.97 Å². The molecule has 1 aromatic carbocycles. The molecule has 3 rings (SSSR count). The standard InChI is InChI=1S/C12H8ClN3O2S/c13-12-11-10(15-7-16-12)9(6-14-11)19(17,18)8-4-2-1-3-5-8/h1-7,9H. The lowest BCUT2D eigenvalue weighted by atomic mass is 10.3. The number of sulfone groups is 1. The van der Waals surface area contributed by atoms with E-state index in [1.165, 1.54) is 12.5 Å². The second kappa shape index (κ2) is 4.40. The summed E-state index contributed by atoms with van der Waals surface area (Å²) in [6.07, 6.45) is 2.58. The molecule has 0 aliphatic carbocycles. The molecule has 0 fully saturated rings. The maximum absolute atomic E-state index is 12.5. The van der Waals surface area contributed by atoms with Gasteiger partial charge in [0.15, 0.2) is 15.0 Å². The monoisotopic (exact) mass is 293 g/mol. The van der Waals surface area contributed by atoms with Crippen molar-refractivity contribution in [3.05, 3.63) is 47.5 Å². The SMILES string of the molecule is O=S(=O)(c1ccccc1)C1C=Nc2c(Cl)ncnc21. The fourth-order valence-electron chi connectivity index (χ4n) is 1.89. The molecule has 0 amide bonds. The van der Waals surface area contributed by atoms with E-state index in [1.807, 2.05) is 0 Å². The van der Waals surface area contributed by atoms with E-state index in [-0.39, 0.29) is 10.0 Å². The number of hydrogen-bond donors (Lipinski definition) is 0. The number of rotatable bonds is 2. The number of nitrogens with zero attached hydrogens (tertiary/aromatic N) is 3. The van der Waals surface area contributed by atoms with Gasteiger partial charge >= 0.3 is 0 Å². The zero-order valence-electron chi connectivity index (χ0n) is 9.56. The quantitative estimate of drug-likeness (QED) is 0.797. The van der Waals surface area contributed by atoms with Crippen LogP contribution in [0.2, 0.25) is 5.15 Å². The second-order valence-corrected chi connectivity index (χ2v) is 6.38. The van der Waals surface area contributed by atoms with Crippen molar-refractivity contribution in [2.24, 2.45) is 4.99 Å². The molecule has 0 saturated heterocycles. The molecule has 0 saturated carbocycles. The Morgan fingerprint density at radius 2 is 1.84 bits per heavy atom. The van der Waals surface area contributed by atoms with Gasteiger partial charge in [-0.25, -0.2) is 18.4 Å². The molecule has 0 radical (unpaired) electrons. The highest BCUT2D eigenvalue weighted by Gasteiger charge is 2.35. The fourth-order valence-corrected chi connectivity index (χ4v) is 3.60. The van der Waals surface area contributed by atoms with Gasteiger partial charge in [-0.1, -0.05) is 29.8 Å². The Kier molecular flexibility index (Phi) is 2.83. The molecule has 19 heavy (non-hydrogen) atoms. The number of benzene rings is 1. The van der Waals surface area contributed by atoms with Gasteiger partial charge in [0.25, 0.3) is 0 Å².